The molecule has 15 heavy (non-hydrogen) atoms. The summed E-state index contributed by atoms with van der Waals surface area (Å²) in [7, 11) is 0. The molecule has 1 aromatic carbocycles. The fourth-order valence-electron chi connectivity index (χ4n) is 2.83. The predicted molar refractivity (Wildman–Crippen MR) is 59.5 cm³/mol. The Balaban J connectivity index is 1.85. The molecule has 0 amide bonds. The van der Waals surface area contributed by atoms with Gasteiger partial charge < -0.3 is 4.74 Å². The summed E-state index contributed by atoms with van der Waals surface area (Å²) in [5, 5.41) is 0. The molecule has 2 fully saturated rings. The highest BCUT2D eigenvalue weighted by atomic mass is 16.5. The second-order valence-electron chi connectivity index (χ2n) is 4.54. The largest absolute Gasteiger partial charge is 0.354 e. The lowest BCUT2D eigenvalue weighted by Gasteiger charge is -2.20. The second-order valence-corrected chi connectivity index (χ2v) is 4.54. The van der Waals surface area contributed by atoms with Crippen LogP contribution in [0.1, 0.15) is 31.4 Å². The minimum Gasteiger partial charge on any atom is -0.354 e. The zero-order valence-electron chi connectivity index (χ0n) is 9.10. The summed E-state index contributed by atoms with van der Waals surface area (Å²) in [6.07, 6.45) is 3.14. The molecule has 0 bridgehead atoms. The van der Waals surface area contributed by atoms with Crippen molar-refractivity contribution in [2.24, 2.45) is 0 Å². The number of nitrogens with zero attached hydrogens (tertiary/aromatic N) is 1. The molecule has 2 heteroatoms. The highest BCUT2D eigenvalue weighted by molar-refractivity contribution is 5.20. The van der Waals surface area contributed by atoms with Gasteiger partial charge in [0.25, 0.3) is 0 Å². The van der Waals surface area contributed by atoms with Crippen molar-refractivity contribution < 1.29 is 4.74 Å². The van der Waals surface area contributed by atoms with Gasteiger partial charge in [-0.25, -0.2) is 0 Å². The van der Waals surface area contributed by atoms with Crippen LogP contribution < -0.4 is 0 Å². The fourth-order valence-corrected chi connectivity index (χ4v) is 2.83. The highest BCUT2D eigenvalue weighted by Gasteiger charge is 2.42. The van der Waals surface area contributed by atoms with Gasteiger partial charge >= 0.3 is 0 Å². The van der Waals surface area contributed by atoms with E-state index in [4.69, 9.17) is 4.74 Å². The minimum absolute atomic E-state index is 0.275. The van der Waals surface area contributed by atoms with E-state index in [9.17, 15) is 0 Å². The molecule has 0 aliphatic carbocycles. The maximum absolute atomic E-state index is 6.11. The molecule has 0 aromatic heterocycles. The Hall–Kier alpha value is -0.860. The third-order valence-electron chi connectivity index (χ3n) is 3.63. The zero-order valence-corrected chi connectivity index (χ0v) is 9.10. The van der Waals surface area contributed by atoms with E-state index in [2.05, 4.69) is 42.2 Å². The van der Waals surface area contributed by atoms with E-state index in [-0.39, 0.29) is 6.10 Å². The summed E-state index contributed by atoms with van der Waals surface area (Å²) in [6, 6.07) is 11.1. The van der Waals surface area contributed by atoms with Crippen LogP contribution >= 0.6 is 0 Å². The third-order valence-corrected chi connectivity index (χ3v) is 3.63. The molecule has 0 radical (unpaired) electrons. The average Bonchev–Trinajstić information content (AvgIpc) is 2.83. The molecular weight excluding hydrogens is 186 g/mol. The first-order chi connectivity index (χ1) is 7.36. The maximum atomic E-state index is 6.11. The summed E-state index contributed by atoms with van der Waals surface area (Å²) in [4.78, 5) is 2.50. The Morgan fingerprint density at radius 2 is 2.07 bits per heavy atom. The van der Waals surface area contributed by atoms with E-state index >= 15 is 0 Å². The third kappa shape index (κ3) is 1.48. The standard InChI is InChI=1S/C13H17NO/c1-10-13(11-6-3-2-4-7-11)15-12-8-5-9-14(10)12/h2-4,6-7,10,12-13H,5,8-9H2,1H3/t10-,12-,13-/m1/s1. The number of hydrogen-bond acceptors (Lipinski definition) is 2. The van der Waals surface area contributed by atoms with Crippen LogP contribution in [0, 0.1) is 0 Å². The Bertz CT molecular complexity index is 338. The van der Waals surface area contributed by atoms with Crippen molar-refractivity contribution in [3.05, 3.63) is 35.9 Å². The molecule has 2 saturated heterocycles. The molecule has 0 unspecified atom stereocenters. The van der Waals surface area contributed by atoms with Crippen molar-refractivity contribution in [1.29, 1.82) is 0 Å². The quantitative estimate of drug-likeness (QED) is 0.695. The number of rotatable bonds is 1. The zero-order chi connectivity index (χ0) is 10.3. The van der Waals surface area contributed by atoms with Crippen LogP contribution in [0.15, 0.2) is 30.3 Å². The van der Waals surface area contributed by atoms with Gasteiger partial charge in [0.2, 0.25) is 0 Å². The van der Waals surface area contributed by atoms with Crippen LogP contribution in [-0.2, 0) is 4.74 Å². The Kier molecular flexibility index (Phi) is 2.26. The minimum atomic E-state index is 0.275. The highest BCUT2D eigenvalue weighted by Crippen LogP contribution is 2.39. The molecule has 80 valence electrons. The van der Waals surface area contributed by atoms with Crippen molar-refractivity contribution in [3.8, 4) is 0 Å². The molecule has 1 aromatic rings. The Morgan fingerprint density at radius 3 is 2.80 bits per heavy atom. The molecule has 0 N–H and O–H groups in total. The van der Waals surface area contributed by atoms with Crippen molar-refractivity contribution in [2.45, 2.75) is 38.1 Å². The summed E-state index contributed by atoms with van der Waals surface area (Å²) in [6.45, 7) is 3.48. The lowest BCUT2D eigenvalue weighted by Crippen LogP contribution is -2.30. The van der Waals surface area contributed by atoms with E-state index in [1.54, 1.807) is 0 Å². The van der Waals surface area contributed by atoms with Crippen LogP contribution in [0.3, 0.4) is 0 Å². The van der Waals surface area contributed by atoms with Gasteiger partial charge in [-0.1, -0.05) is 30.3 Å². The van der Waals surface area contributed by atoms with Crippen molar-refractivity contribution in [2.75, 3.05) is 6.54 Å². The Morgan fingerprint density at radius 1 is 1.27 bits per heavy atom. The first-order valence-electron chi connectivity index (χ1n) is 5.82. The lowest BCUT2D eigenvalue weighted by atomic mass is 10.0. The van der Waals surface area contributed by atoms with E-state index in [1.807, 2.05) is 0 Å². The average molecular weight is 203 g/mol. The molecule has 0 spiro atoms. The van der Waals surface area contributed by atoms with Crippen LogP contribution in [0.4, 0.5) is 0 Å². The molecule has 2 heterocycles. The van der Waals surface area contributed by atoms with E-state index in [0.717, 1.165) is 0 Å². The van der Waals surface area contributed by atoms with Crippen molar-refractivity contribution >= 4 is 0 Å². The van der Waals surface area contributed by atoms with Crippen molar-refractivity contribution in [1.82, 2.24) is 4.90 Å². The van der Waals surface area contributed by atoms with E-state index in [1.165, 1.54) is 24.9 Å². The number of benzene rings is 1. The van der Waals surface area contributed by atoms with Gasteiger partial charge in [0.1, 0.15) is 6.23 Å². The predicted octanol–water partition coefficient (Wildman–Crippen LogP) is 2.57. The number of ether oxygens (including phenoxy) is 1. The smallest absolute Gasteiger partial charge is 0.111 e. The molecular formula is C13H17NO. The Labute approximate surface area is 90.8 Å². The summed E-state index contributed by atoms with van der Waals surface area (Å²) >= 11 is 0. The maximum Gasteiger partial charge on any atom is 0.111 e. The van der Waals surface area contributed by atoms with Gasteiger partial charge in [-0.3, -0.25) is 4.90 Å². The van der Waals surface area contributed by atoms with E-state index in [0.29, 0.717) is 12.3 Å². The molecule has 2 aliphatic heterocycles. The van der Waals surface area contributed by atoms with Gasteiger partial charge in [-0.05, 0) is 25.3 Å². The van der Waals surface area contributed by atoms with Gasteiger partial charge in [-0.15, -0.1) is 0 Å². The molecule has 3 atom stereocenters. The lowest BCUT2D eigenvalue weighted by molar-refractivity contribution is 0.0174. The van der Waals surface area contributed by atoms with Gasteiger partial charge in [0.15, 0.2) is 0 Å². The first kappa shape index (κ1) is 9.37. The summed E-state index contributed by atoms with van der Waals surface area (Å²) in [5.74, 6) is 0. The number of fused-ring (bicyclic) bond motifs is 1. The topological polar surface area (TPSA) is 12.5 Å². The molecule has 0 saturated carbocycles. The number of hydrogen-bond donors (Lipinski definition) is 0. The SMILES string of the molecule is C[C@@H]1[C@H](c2ccccc2)O[C@@H]2CCCN12. The van der Waals surface area contributed by atoms with Crippen LogP contribution in [0.2, 0.25) is 0 Å². The second kappa shape index (κ2) is 3.62. The van der Waals surface area contributed by atoms with Crippen molar-refractivity contribution in [3.63, 3.8) is 0 Å². The van der Waals surface area contributed by atoms with Gasteiger partial charge in [-0.2, -0.15) is 0 Å². The first-order valence-corrected chi connectivity index (χ1v) is 5.82. The summed E-state index contributed by atoms with van der Waals surface area (Å²) in [5.41, 5.74) is 1.32. The summed E-state index contributed by atoms with van der Waals surface area (Å²) < 4.78 is 6.11. The molecule has 2 nitrogen and oxygen atoms in total. The van der Waals surface area contributed by atoms with Gasteiger partial charge in [0.05, 0.1) is 6.10 Å². The van der Waals surface area contributed by atoms with Crippen LogP contribution in [-0.4, -0.2) is 23.7 Å². The monoisotopic (exact) mass is 203 g/mol. The normalized spacial score (nSPS) is 35.7. The van der Waals surface area contributed by atoms with Crippen LogP contribution in [0.5, 0.6) is 0 Å². The molecule has 3 rings (SSSR count). The van der Waals surface area contributed by atoms with Crippen LogP contribution in [0.25, 0.3) is 0 Å². The van der Waals surface area contributed by atoms with Gasteiger partial charge in [0, 0.05) is 12.6 Å². The fraction of sp³-hybridized carbons (Fsp3) is 0.538. The van der Waals surface area contributed by atoms with E-state index < -0.39 is 0 Å². The molecule has 2 aliphatic rings.